The first-order valence-corrected chi connectivity index (χ1v) is 14.3. The van der Waals surface area contributed by atoms with Gasteiger partial charge in [-0.3, -0.25) is 9.59 Å². The molecule has 0 radical (unpaired) electrons. The molecule has 0 saturated heterocycles. The number of aliphatic hydroxyl groups excluding tert-OH is 1. The number of allylic oxidation sites excluding steroid dienone is 4. The van der Waals surface area contributed by atoms with Crippen molar-refractivity contribution in [1.82, 2.24) is 0 Å². The summed E-state index contributed by atoms with van der Waals surface area (Å²) in [4.78, 5) is 25.0. The third-order valence-electron chi connectivity index (χ3n) is 11.5. The lowest BCUT2D eigenvalue weighted by Gasteiger charge is -2.57. The van der Waals surface area contributed by atoms with E-state index in [9.17, 15) is 19.8 Å². The highest BCUT2D eigenvalue weighted by atomic mass is 16.5. The first-order valence-electron chi connectivity index (χ1n) is 14.3. The molecule has 0 aromatic rings. The van der Waals surface area contributed by atoms with Crippen LogP contribution in [0.1, 0.15) is 93.4 Å². The average molecular weight is 513 g/mol. The van der Waals surface area contributed by atoms with Crippen LogP contribution in [0, 0.1) is 45.8 Å². The zero-order chi connectivity index (χ0) is 27.5. The van der Waals surface area contributed by atoms with Crippen LogP contribution in [0.4, 0.5) is 0 Å². The fourth-order valence-corrected chi connectivity index (χ4v) is 8.60. The minimum Gasteiger partial charge on any atom is -0.481 e. The van der Waals surface area contributed by atoms with E-state index in [4.69, 9.17) is 4.74 Å². The second-order valence-corrected chi connectivity index (χ2v) is 13.7. The predicted molar refractivity (Wildman–Crippen MR) is 146 cm³/mol. The fraction of sp³-hybridized carbons (Fsp3) is 0.750. The Morgan fingerprint density at radius 3 is 2.43 bits per heavy atom. The SMILES string of the molecule is C=C(CCC(C(=O)O)C1CC(OC(C)=O)C2(C)C3=CCC4C(CCC(O)C4(C)C)C3=CCC12C)C(C)C. The second kappa shape index (κ2) is 9.70. The highest BCUT2D eigenvalue weighted by molar-refractivity contribution is 5.71. The number of aliphatic hydroxyl groups is 1. The number of fused-ring (bicyclic) bond motifs is 5. The molecule has 0 aromatic heterocycles. The highest BCUT2D eigenvalue weighted by Gasteiger charge is 2.67. The van der Waals surface area contributed by atoms with Crippen molar-refractivity contribution in [2.75, 3.05) is 0 Å². The van der Waals surface area contributed by atoms with Crippen LogP contribution in [-0.2, 0) is 14.3 Å². The first kappa shape index (κ1) is 28.1. The van der Waals surface area contributed by atoms with Gasteiger partial charge in [0.2, 0.25) is 0 Å². The van der Waals surface area contributed by atoms with Crippen LogP contribution in [0.3, 0.4) is 0 Å². The van der Waals surface area contributed by atoms with E-state index in [1.807, 2.05) is 0 Å². The van der Waals surface area contributed by atoms with Crippen LogP contribution in [0.5, 0.6) is 0 Å². The quantitative estimate of drug-likeness (QED) is 0.292. The molecule has 0 heterocycles. The van der Waals surface area contributed by atoms with Crippen LogP contribution in [0.2, 0.25) is 0 Å². The summed E-state index contributed by atoms with van der Waals surface area (Å²) < 4.78 is 6.06. The summed E-state index contributed by atoms with van der Waals surface area (Å²) in [5.41, 5.74) is 2.74. The zero-order valence-electron chi connectivity index (χ0n) is 24.0. The maximum absolute atomic E-state index is 12.7. The molecule has 0 spiro atoms. The third-order valence-corrected chi connectivity index (χ3v) is 11.5. The van der Waals surface area contributed by atoms with Crippen LogP contribution < -0.4 is 0 Å². The van der Waals surface area contributed by atoms with Gasteiger partial charge in [0.1, 0.15) is 6.10 Å². The number of aliphatic carboxylic acids is 1. The molecule has 4 rings (SSSR count). The monoisotopic (exact) mass is 512 g/mol. The van der Waals surface area contributed by atoms with Crippen molar-refractivity contribution in [3.8, 4) is 0 Å². The lowest BCUT2D eigenvalue weighted by atomic mass is 9.48. The van der Waals surface area contributed by atoms with Crippen molar-refractivity contribution in [2.45, 2.75) is 106 Å². The summed E-state index contributed by atoms with van der Waals surface area (Å²) in [6, 6.07) is 0. The standard InChI is InChI=1S/C32H48O5/c1-18(2)19(3)9-10-23(29(35)36)26-17-28(37-20(4)33)32(8)25-13-12-24-21(11-14-27(34)30(24,5)6)22(25)15-16-31(26,32)7/h13,15,18,21,23-24,26-28,34H,3,9-12,14,16-17H2,1-2,4-8H3,(H,35,36). The summed E-state index contributed by atoms with van der Waals surface area (Å²) in [5.74, 6) is -0.618. The van der Waals surface area contributed by atoms with Gasteiger partial charge in [0, 0.05) is 12.3 Å². The third kappa shape index (κ3) is 4.33. The Morgan fingerprint density at radius 1 is 1.16 bits per heavy atom. The van der Waals surface area contributed by atoms with Gasteiger partial charge in [-0.25, -0.2) is 0 Å². The van der Waals surface area contributed by atoms with Gasteiger partial charge in [0.25, 0.3) is 0 Å². The number of carboxylic acid groups (broad SMARTS) is 1. The Hall–Kier alpha value is -1.88. The Bertz CT molecular complexity index is 1020. The topological polar surface area (TPSA) is 83.8 Å². The fourth-order valence-electron chi connectivity index (χ4n) is 8.60. The van der Waals surface area contributed by atoms with Gasteiger partial charge in [0.05, 0.1) is 12.0 Å². The van der Waals surface area contributed by atoms with E-state index in [1.165, 1.54) is 18.1 Å². The van der Waals surface area contributed by atoms with E-state index >= 15 is 0 Å². The van der Waals surface area contributed by atoms with Crippen LogP contribution in [-0.4, -0.2) is 34.4 Å². The lowest BCUT2D eigenvalue weighted by molar-refractivity contribution is -0.152. The van der Waals surface area contributed by atoms with Gasteiger partial charge in [-0.1, -0.05) is 65.8 Å². The molecule has 2 fully saturated rings. The normalized spacial score (nSPS) is 39.0. The molecule has 0 bridgehead atoms. The van der Waals surface area contributed by atoms with Crippen molar-refractivity contribution in [1.29, 1.82) is 0 Å². The molecule has 5 heteroatoms. The Morgan fingerprint density at radius 2 is 1.84 bits per heavy atom. The number of carbonyl (C=O) groups excluding carboxylic acids is 1. The molecule has 2 saturated carbocycles. The average Bonchev–Trinajstić information content (AvgIpc) is 3.03. The zero-order valence-corrected chi connectivity index (χ0v) is 24.0. The molecule has 8 atom stereocenters. The summed E-state index contributed by atoms with van der Waals surface area (Å²) in [6.07, 6.45) is 9.32. The van der Waals surface area contributed by atoms with Gasteiger partial charge in [-0.2, -0.15) is 0 Å². The minimum atomic E-state index is -0.760. The Labute approximate surface area is 223 Å². The predicted octanol–water partition coefficient (Wildman–Crippen LogP) is 6.72. The Kier molecular flexibility index (Phi) is 7.38. The molecule has 0 amide bonds. The van der Waals surface area contributed by atoms with E-state index in [2.05, 4.69) is 60.3 Å². The van der Waals surface area contributed by atoms with Crippen molar-refractivity contribution in [3.05, 3.63) is 35.5 Å². The van der Waals surface area contributed by atoms with E-state index in [1.54, 1.807) is 0 Å². The maximum atomic E-state index is 12.7. The van der Waals surface area contributed by atoms with Crippen LogP contribution in [0.15, 0.2) is 35.5 Å². The van der Waals surface area contributed by atoms with E-state index in [-0.39, 0.29) is 34.9 Å². The molecule has 0 aromatic carbocycles. The number of rotatable bonds is 7. The van der Waals surface area contributed by atoms with Crippen LogP contribution >= 0.6 is 0 Å². The van der Waals surface area contributed by atoms with Gasteiger partial charge >= 0.3 is 11.9 Å². The lowest BCUT2D eigenvalue weighted by Crippen LogP contribution is -2.52. The van der Waals surface area contributed by atoms with Crippen molar-refractivity contribution < 1.29 is 24.5 Å². The molecular formula is C32H48O5. The largest absolute Gasteiger partial charge is 0.481 e. The number of hydrogen-bond acceptors (Lipinski definition) is 4. The maximum Gasteiger partial charge on any atom is 0.306 e. The molecular weight excluding hydrogens is 464 g/mol. The number of carbonyl (C=O) groups is 2. The number of hydrogen-bond donors (Lipinski definition) is 2. The second-order valence-electron chi connectivity index (χ2n) is 13.7. The van der Waals surface area contributed by atoms with Crippen molar-refractivity contribution in [3.63, 3.8) is 0 Å². The number of carboxylic acids is 1. The van der Waals surface area contributed by atoms with Gasteiger partial charge in [-0.15, -0.1) is 0 Å². The van der Waals surface area contributed by atoms with Crippen LogP contribution in [0.25, 0.3) is 0 Å². The Balaban J connectivity index is 1.76. The molecule has 8 unspecified atom stereocenters. The highest BCUT2D eigenvalue weighted by Crippen LogP contribution is 2.70. The van der Waals surface area contributed by atoms with E-state index < -0.39 is 17.3 Å². The van der Waals surface area contributed by atoms with Crippen molar-refractivity contribution in [2.24, 2.45) is 45.8 Å². The molecule has 4 aliphatic rings. The van der Waals surface area contributed by atoms with Gasteiger partial charge < -0.3 is 14.9 Å². The van der Waals surface area contributed by atoms with Gasteiger partial charge in [-0.05, 0) is 90.6 Å². The summed E-state index contributed by atoms with van der Waals surface area (Å²) in [5, 5.41) is 21.2. The molecule has 0 aliphatic heterocycles. The minimum absolute atomic E-state index is 0.111. The first-order chi connectivity index (χ1) is 17.2. The molecule has 2 N–H and O–H groups in total. The molecule has 4 aliphatic carbocycles. The summed E-state index contributed by atoms with van der Waals surface area (Å²) in [7, 11) is 0. The van der Waals surface area contributed by atoms with E-state index in [0.29, 0.717) is 37.0 Å². The molecule has 206 valence electrons. The number of esters is 1. The van der Waals surface area contributed by atoms with Gasteiger partial charge in [0.15, 0.2) is 0 Å². The smallest absolute Gasteiger partial charge is 0.306 e. The van der Waals surface area contributed by atoms with E-state index in [0.717, 1.165) is 31.3 Å². The summed E-state index contributed by atoms with van der Waals surface area (Å²) >= 11 is 0. The molecule has 5 nitrogen and oxygen atoms in total. The summed E-state index contributed by atoms with van der Waals surface area (Å²) in [6.45, 7) is 18.7. The van der Waals surface area contributed by atoms with Crippen molar-refractivity contribution >= 4 is 11.9 Å². The molecule has 37 heavy (non-hydrogen) atoms. The number of ether oxygens (including phenoxy) is 1.